The van der Waals surface area contributed by atoms with Crippen molar-refractivity contribution in [1.82, 2.24) is 19.7 Å². The van der Waals surface area contributed by atoms with Crippen LogP contribution in [0, 0.1) is 5.95 Å². The van der Waals surface area contributed by atoms with Gasteiger partial charge in [-0.1, -0.05) is 23.7 Å². The standard InChI is InChI=1S/C23H21ClFN7O5/c24-13-3-1-12(2-4-13)9-16(33)29-14-10-15(20(25)28-11-14)19(34)18-17(22(27)35)21(26)32(30-18)23(36)31-5-7-37-8-6-31/h1-4,10-11H,5-9,26H2,(H2,27,35)(H,29,33). The summed E-state index contributed by atoms with van der Waals surface area (Å²) in [6.45, 7) is 1.05. The van der Waals surface area contributed by atoms with Crippen molar-refractivity contribution in [3.8, 4) is 0 Å². The van der Waals surface area contributed by atoms with Crippen molar-refractivity contribution in [3.05, 3.63) is 69.9 Å². The minimum absolute atomic E-state index is 0.0149. The van der Waals surface area contributed by atoms with Crippen molar-refractivity contribution >= 4 is 46.7 Å². The highest BCUT2D eigenvalue weighted by atomic mass is 35.5. The van der Waals surface area contributed by atoms with E-state index in [-0.39, 0.29) is 38.4 Å². The second-order valence-electron chi connectivity index (χ2n) is 8.01. The van der Waals surface area contributed by atoms with Crippen LogP contribution in [0.5, 0.6) is 0 Å². The first-order valence-corrected chi connectivity index (χ1v) is 11.3. The number of hydrogen-bond donors (Lipinski definition) is 3. The van der Waals surface area contributed by atoms with Gasteiger partial charge in [0.1, 0.15) is 17.1 Å². The molecule has 1 aliphatic heterocycles. The van der Waals surface area contributed by atoms with Gasteiger partial charge in [0.25, 0.3) is 5.91 Å². The van der Waals surface area contributed by atoms with Crippen molar-refractivity contribution < 1.29 is 28.3 Å². The number of carbonyl (C=O) groups excluding carboxylic acids is 4. The minimum Gasteiger partial charge on any atom is -0.383 e. The molecule has 1 aliphatic rings. The summed E-state index contributed by atoms with van der Waals surface area (Å²) in [7, 11) is 0. The molecular formula is C23H21ClFN7O5. The number of nitrogens with zero attached hydrogens (tertiary/aromatic N) is 4. The Morgan fingerprint density at radius 2 is 1.81 bits per heavy atom. The van der Waals surface area contributed by atoms with Crippen molar-refractivity contribution in [1.29, 1.82) is 0 Å². The van der Waals surface area contributed by atoms with Crippen LogP contribution in [0.3, 0.4) is 0 Å². The van der Waals surface area contributed by atoms with E-state index in [1.807, 2.05) is 0 Å². The van der Waals surface area contributed by atoms with Crippen LogP contribution >= 0.6 is 11.6 Å². The first-order chi connectivity index (χ1) is 17.7. The Morgan fingerprint density at radius 3 is 2.46 bits per heavy atom. The lowest BCUT2D eigenvalue weighted by molar-refractivity contribution is -0.115. The lowest BCUT2D eigenvalue weighted by atomic mass is 10.1. The minimum atomic E-state index is -1.19. The molecule has 0 atom stereocenters. The maximum absolute atomic E-state index is 14.6. The van der Waals surface area contributed by atoms with Crippen LogP contribution in [-0.4, -0.2) is 69.6 Å². The van der Waals surface area contributed by atoms with Crippen molar-refractivity contribution in [2.75, 3.05) is 37.4 Å². The molecule has 12 nitrogen and oxygen atoms in total. The highest BCUT2D eigenvalue weighted by molar-refractivity contribution is 6.30. The summed E-state index contributed by atoms with van der Waals surface area (Å²) < 4.78 is 20.5. The number of benzene rings is 1. The second kappa shape index (κ2) is 10.7. The summed E-state index contributed by atoms with van der Waals surface area (Å²) >= 11 is 5.84. The molecule has 5 N–H and O–H groups in total. The average Bonchev–Trinajstić information content (AvgIpc) is 3.23. The van der Waals surface area contributed by atoms with Gasteiger partial charge in [-0.2, -0.15) is 14.2 Å². The monoisotopic (exact) mass is 529 g/mol. The molecule has 192 valence electrons. The quantitative estimate of drug-likeness (QED) is 0.317. The number of nitrogen functional groups attached to an aromatic ring is 1. The van der Waals surface area contributed by atoms with Crippen molar-refractivity contribution in [3.63, 3.8) is 0 Å². The van der Waals surface area contributed by atoms with Gasteiger partial charge in [0, 0.05) is 18.1 Å². The number of ketones is 1. The van der Waals surface area contributed by atoms with E-state index in [4.69, 9.17) is 27.8 Å². The fraction of sp³-hybridized carbons (Fsp3) is 0.217. The number of nitrogens with two attached hydrogens (primary N) is 2. The van der Waals surface area contributed by atoms with Gasteiger partial charge in [0.05, 0.1) is 37.1 Å². The van der Waals surface area contributed by atoms with Gasteiger partial charge in [-0.05, 0) is 23.8 Å². The third-order valence-corrected chi connectivity index (χ3v) is 5.74. The first kappa shape index (κ1) is 25.7. The highest BCUT2D eigenvalue weighted by Crippen LogP contribution is 2.23. The molecule has 3 heterocycles. The fourth-order valence-corrected chi connectivity index (χ4v) is 3.79. The van der Waals surface area contributed by atoms with Gasteiger partial charge in [-0.25, -0.2) is 9.78 Å². The van der Waals surface area contributed by atoms with E-state index >= 15 is 0 Å². The molecule has 14 heteroatoms. The molecule has 0 aliphatic carbocycles. The zero-order valence-corrected chi connectivity index (χ0v) is 20.0. The first-order valence-electron chi connectivity index (χ1n) is 11.0. The van der Waals surface area contributed by atoms with E-state index in [0.717, 1.165) is 12.3 Å². The number of aromatic nitrogens is 3. The molecule has 4 rings (SSSR count). The molecule has 1 saturated heterocycles. The third kappa shape index (κ3) is 5.57. The Hall–Kier alpha value is -4.36. The van der Waals surface area contributed by atoms with E-state index in [2.05, 4.69) is 15.4 Å². The van der Waals surface area contributed by atoms with Crippen LogP contribution in [0.15, 0.2) is 36.5 Å². The lowest BCUT2D eigenvalue weighted by Gasteiger charge is -2.26. The highest BCUT2D eigenvalue weighted by Gasteiger charge is 2.32. The number of ether oxygens (including phenoxy) is 1. The number of rotatable bonds is 6. The summed E-state index contributed by atoms with van der Waals surface area (Å²) in [5, 5.41) is 6.93. The van der Waals surface area contributed by atoms with E-state index in [1.165, 1.54) is 4.90 Å². The fourth-order valence-electron chi connectivity index (χ4n) is 3.66. The summed E-state index contributed by atoms with van der Waals surface area (Å²) in [5.41, 5.74) is 10.2. The Kier molecular flexibility index (Phi) is 7.45. The second-order valence-corrected chi connectivity index (χ2v) is 8.45. The molecule has 37 heavy (non-hydrogen) atoms. The molecule has 3 amide bonds. The topological polar surface area (TPSA) is 176 Å². The Morgan fingerprint density at radius 1 is 1.14 bits per heavy atom. The van der Waals surface area contributed by atoms with Crippen LogP contribution in [0.4, 0.5) is 20.7 Å². The predicted octanol–water partition coefficient (Wildman–Crippen LogP) is 1.46. The van der Waals surface area contributed by atoms with Crippen molar-refractivity contribution in [2.24, 2.45) is 5.73 Å². The number of hydrogen-bond acceptors (Lipinski definition) is 8. The van der Waals surface area contributed by atoms with Gasteiger partial charge in [-0.3, -0.25) is 14.4 Å². The van der Waals surface area contributed by atoms with Gasteiger partial charge in [0.2, 0.25) is 17.6 Å². The largest absolute Gasteiger partial charge is 0.383 e. The van der Waals surface area contributed by atoms with Gasteiger partial charge >= 0.3 is 6.03 Å². The van der Waals surface area contributed by atoms with Crippen molar-refractivity contribution in [2.45, 2.75) is 6.42 Å². The van der Waals surface area contributed by atoms with Crippen LogP contribution in [0.25, 0.3) is 0 Å². The molecule has 0 bridgehead atoms. The number of anilines is 2. The summed E-state index contributed by atoms with van der Waals surface area (Å²) in [6, 6.07) is 6.93. The Balaban J connectivity index is 1.61. The number of halogens is 2. The van der Waals surface area contributed by atoms with E-state index in [0.29, 0.717) is 15.3 Å². The number of primary amides is 1. The summed E-state index contributed by atoms with van der Waals surface area (Å²) in [6.07, 6.45) is 1.00. The SMILES string of the molecule is NC(=O)c1c(C(=O)c2cc(NC(=O)Cc3ccc(Cl)cc3)cnc2F)nn(C(=O)N2CCOCC2)c1N. The molecule has 0 saturated carbocycles. The van der Waals surface area contributed by atoms with Gasteiger partial charge in [0.15, 0.2) is 0 Å². The molecule has 1 fully saturated rings. The van der Waals surface area contributed by atoms with E-state index in [9.17, 15) is 23.6 Å². The summed E-state index contributed by atoms with van der Waals surface area (Å²) in [4.78, 5) is 55.5. The zero-order valence-electron chi connectivity index (χ0n) is 19.2. The molecule has 0 radical (unpaired) electrons. The van der Waals surface area contributed by atoms with E-state index in [1.54, 1.807) is 24.3 Å². The maximum atomic E-state index is 14.6. The smallest absolute Gasteiger partial charge is 0.346 e. The average molecular weight is 530 g/mol. The van der Waals surface area contributed by atoms with Crippen LogP contribution in [-0.2, 0) is 16.0 Å². The maximum Gasteiger partial charge on any atom is 0.346 e. The molecule has 0 spiro atoms. The molecule has 3 aromatic rings. The van der Waals surface area contributed by atoms with Crippen LogP contribution in [0.1, 0.15) is 32.0 Å². The zero-order chi connectivity index (χ0) is 26.7. The molecule has 1 aromatic carbocycles. The molecular weight excluding hydrogens is 509 g/mol. The number of nitrogens with one attached hydrogen (secondary N) is 1. The van der Waals surface area contributed by atoms with Crippen LogP contribution in [0.2, 0.25) is 5.02 Å². The van der Waals surface area contributed by atoms with E-state index < -0.39 is 52.2 Å². The molecule has 2 aromatic heterocycles. The summed E-state index contributed by atoms with van der Waals surface area (Å²) in [5.74, 6) is -4.36. The normalized spacial score (nSPS) is 13.3. The lowest BCUT2D eigenvalue weighted by Crippen LogP contribution is -2.43. The number of morpholine rings is 1. The van der Waals surface area contributed by atoms with Gasteiger partial charge in [-0.15, -0.1) is 0 Å². The number of pyridine rings is 1. The van der Waals surface area contributed by atoms with Crippen LogP contribution < -0.4 is 16.8 Å². The predicted molar refractivity (Wildman–Crippen MR) is 130 cm³/mol. The third-order valence-electron chi connectivity index (χ3n) is 5.49. The number of amides is 3. The number of carbonyl (C=O) groups is 4. The Bertz CT molecular complexity index is 1390. The Labute approximate surface area is 214 Å². The molecule has 0 unspecified atom stereocenters. The van der Waals surface area contributed by atoms with Gasteiger partial charge < -0.3 is 26.4 Å².